The van der Waals surface area contributed by atoms with Crippen molar-refractivity contribution in [3.63, 3.8) is 0 Å². The van der Waals surface area contributed by atoms with Crippen molar-refractivity contribution in [2.75, 3.05) is 27.7 Å². The standard InChI is InChI=1S/C22H27ClFN3O/c1-7-27(6)14-25-20-11-15(2)18(13-19(20)23)22(3,21(28)26(4)5)16-9-8-10-17(24)12-16/h8-14H,7H2,1-6H3/b25-14+. The van der Waals surface area contributed by atoms with Crippen LogP contribution in [0.2, 0.25) is 5.02 Å². The molecule has 0 aliphatic rings. The smallest absolute Gasteiger partial charge is 0.236 e. The zero-order chi connectivity index (χ0) is 21.1. The summed E-state index contributed by atoms with van der Waals surface area (Å²) in [6.07, 6.45) is 1.72. The molecule has 0 aliphatic heterocycles. The van der Waals surface area contributed by atoms with Crippen molar-refractivity contribution in [2.24, 2.45) is 4.99 Å². The molecule has 0 radical (unpaired) electrons. The Balaban J connectivity index is 2.66. The average molecular weight is 404 g/mol. The molecular formula is C22H27ClFN3O. The van der Waals surface area contributed by atoms with Gasteiger partial charge in [0.2, 0.25) is 5.91 Å². The second-order valence-electron chi connectivity index (χ2n) is 7.27. The van der Waals surface area contributed by atoms with Gasteiger partial charge in [0.1, 0.15) is 5.82 Å². The summed E-state index contributed by atoms with van der Waals surface area (Å²) in [5.41, 5.74) is 1.71. The number of likely N-dealkylation sites (N-methyl/N-ethyl adjacent to an activating group) is 1. The second kappa shape index (κ2) is 8.74. The van der Waals surface area contributed by atoms with Crippen molar-refractivity contribution in [3.8, 4) is 0 Å². The predicted octanol–water partition coefficient (Wildman–Crippen LogP) is 4.79. The first kappa shape index (κ1) is 21.9. The number of aryl methyl sites for hydroxylation is 1. The molecule has 0 saturated carbocycles. The highest BCUT2D eigenvalue weighted by atomic mass is 35.5. The number of amides is 1. The van der Waals surface area contributed by atoms with Gasteiger partial charge in [0.25, 0.3) is 0 Å². The van der Waals surface area contributed by atoms with Crippen molar-refractivity contribution < 1.29 is 9.18 Å². The second-order valence-corrected chi connectivity index (χ2v) is 7.68. The molecule has 0 saturated heterocycles. The highest BCUT2D eigenvalue weighted by Crippen LogP contribution is 2.40. The van der Waals surface area contributed by atoms with Gasteiger partial charge in [0.15, 0.2) is 0 Å². The Labute approximate surface area is 171 Å². The lowest BCUT2D eigenvalue weighted by Gasteiger charge is -2.33. The Kier molecular flexibility index (Phi) is 6.83. The molecule has 1 amide bonds. The Morgan fingerprint density at radius 3 is 2.50 bits per heavy atom. The summed E-state index contributed by atoms with van der Waals surface area (Å²) in [6.45, 7) is 6.57. The number of carbonyl (C=O) groups excluding carboxylic acids is 1. The fourth-order valence-corrected chi connectivity index (χ4v) is 3.40. The normalized spacial score (nSPS) is 13.4. The van der Waals surface area contributed by atoms with Crippen LogP contribution in [-0.2, 0) is 10.2 Å². The molecule has 0 spiro atoms. The van der Waals surface area contributed by atoms with E-state index in [9.17, 15) is 9.18 Å². The number of carbonyl (C=O) groups is 1. The quantitative estimate of drug-likeness (QED) is 0.513. The minimum Gasteiger partial charge on any atom is -0.366 e. The number of nitrogens with zero attached hydrogens (tertiary/aromatic N) is 3. The van der Waals surface area contributed by atoms with Gasteiger partial charge in [-0.15, -0.1) is 0 Å². The Morgan fingerprint density at radius 2 is 1.93 bits per heavy atom. The van der Waals surface area contributed by atoms with Gasteiger partial charge >= 0.3 is 0 Å². The largest absolute Gasteiger partial charge is 0.366 e. The number of hydrogen-bond donors (Lipinski definition) is 0. The van der Waals surface area contributed by atoms with Crippen molar-refractivity contribution in [1.29, 1.82) is 0 Å². The van der Waals surface area contributed by atoms with Gasteiger partial charge in [-0.25, -0.2) is 9.38 Å². The first-order chi connectivity index (χ1) is 13.1. The number of halogens is 2. The lowest BCUT2D eigenvalue weighted by atomic mass is 9.73. The maximum absolute atomic E-state index is 14.0. The van der Waals surface area contributed by atoms with Gasteiger partial charge in [0, 0.05) is 27.7 Å². The van der Waals surface area contributed by atoms with E-state index >= 15 is 0 Å². The molecule has 2 aromatic rings. The van der Waals surface area contributed by atoms with Gasteiger partial charge in [-0.3, -0.25) is 4.79 Å². The SMILES string of the molecule is CCN(C)/C=N/c1cc(C)c(C(C)(C(=O)N(C)C)c2cccc(F)c2)cc1Cl. The topological polar surface area (TPSA) is 35.9 Å². The van der Waals surface area contributed by atoms with Crippen LogP contribution in [0.1, 0.15) is 30.5 Å². The van der Waals surface area contributed by atoms with Gasteiger partial charge in [-0.05, 0) is 61.7 Å². The number of hydrogen-bond acceptors (Lipinski definition) is 2. The number of aliphatic imine (C=N–C) groups is 1. The Bertz CT molecular complexity index is 897. The van der Waals surface area contributed by atoms with Gasteiger partial charge in [-0.1, -0.05) is 23.7 Å². The fraction of sp³-hybridized carbons (Fsp3) is 0.364. The minimum atomic E-state index is -1.08. The zero-order valence-corrected chi connectivity index (χ0v) is 18.0. The molecule has 0 aliphatic carbocycles. The van der Waals surface area contributed by atoms with Crippen LogP contribution in [-0.4, -0.2) is 49.7 Å². The van der Waals surface area contributed by atoms with E-state index < -0.39 is 5.41 Å². The summed E-state index contributed by atoms with van der Waals surface area (Å²) in [7, 11) is 5.31. The molecule has 2 aromatic carbocycles. The molecule has 28 heavy (non-hydrogen) atoms. The Hall–Kier alpha value is -2.40. The van der Waals surface area contributed by atoms with Crippen LogP contribution in [0.15, 0.2) is 41.4 Å². The van der Waals surface area contributed by atoms with Crippen LogP contribution < -0.4 is 0 Å². The lowest BCUT2D eigenvalue weighted by molar-refractivity contribution is -0.132. The molecule has 1 atom stereocenters. The third-order valence-corrected chi connectivity index (χ3v) is 5.26. The molecule has 0 bridgehead atoms. The highest BCUT2D eigenvalue weighted by Gasteiger charge is 2.40. The maximum Gasteiger partial charge on any atom is 0.236 e. The van der Waals surface area contributed by atoms with Crippen molar-refractivity contribution in [2.45, 2.75) is 26.2 Å². The molecule has 0 N–H and O–H groups in total. The van der Waals surface area contributed by atoms with Crippen molar-refractivity contribution in [1.82, 2.24) is 9.80 Å². The van der Waals surface area contributed by atoms with E-state index in [1.807, 2.05) is 31.9 Å². The summed E-state index contributed by atoms with van der Waals surface area (Å²) in [5.74, 6) is -0.540. The monoisotopic (exact) mass is 403 g/mol. The summed E-state index contributed by atoms with van der Waals surface area (Å²) in [5, 5.41) is 0.440. The van der Waals surface area contributed by atoms with E-state index in [1.54, 1.807) is 45.6 Å². The van der Waals surface area contributed by atoms with Crippen LogP contribution in [0.5, 0.6) is 0 Å². The van der Waals surface area contributed by atoms with Crippen LogP contribution in [0.3, 0.4) is 0 Å². The molecule has 0 heterocycles. The van der Waals surface area contributed by atoms with Gasteiger partial charge < -0.3 is 9.80 Å². The fourth-order valence-electron chi connectivity index (χ4n) is 3.19. The predicted molar refractivity (Wildman–Crippen MR) is 114 cm³/mol. The average Bonchev–Trinajstić information content (AvgIpc) is 2.66. The number of benzene rings is 2. The Morgan fingerprint density at radius 1 is 1.25 bits per heavy atom. The third-order valence-electron chi connectivity index (χ3n) is 4.96. The molecular weight excluding hydrogens is 377 g/mol. The zero-order valence-electron chi connectivity index (χ0n) is 17.3. The summed E-state index contributed by atoms with van der Waals surface area (Å²) >= 11 is 6.51. The third kappa shape index (κ3) is 4.36. The van der Waals surface area contributed by atoms with Gasteiger partial charge in [0.05, 0.1) is 22.5 Å². The van der Waals surface area contributed by atoms with E-state index in [0.29, 0.717) is 16.3 Å². The lowest BCUT2D eigenvalue weighted by Crippen LogP contribution is -2.43. The van der Waals surface area contributed by atoms with Crippen molar-refractivity contribution in [3.05, 3.63) is 63.9 Å². The molecule has 6 heteroatoms. The van der Waals surface area contributed by atoms with Crippen LogP contribution >= 0.6 is 11.6 Å². The van der Waals surface area contributed by atoms with E-state index in [2.05, 4.69) is 4.99 Å². The maximum atomic E-state index is 14.0. The van der Waals surface area contributed by atoms with Crippen molar-refractivity contribution >= 4 is 29.5 Å². The number of rotatable bonds is 6. The van der Waals surface area contributed by atoms with Crippen LogP contribution in [0.25, 0.3) is 0 Å². The molecule has 0 fully saturated rings. The molecule has 2 rings (SSSR count). The first-order valence-corrected chi connectivity index (χ1v) is 9.51. The van der Waals surface area contributed by atoms with E-state index in [1.165, 1.54) is 17.0 Å². The molecule has 4 nitrogen and oxygen atoms in total. The van der Waals surface area contributed by atoms with E-state index in [0.717, 1.165) is 17.7 Å². The van der Waals surface area contributed by atoms with E-state index in [-0.39, 0.29) is 11.7 Å². The summed E-state index contributed by atoms with van der Waals surface area (Å²) in [6, 6.07) is 9.77. The molecule has 150 valence electrons. The van der Waals surface area contributed by atoms with E-state index in [4.69, 9.17) is 11.6 Å². The summed E-state index contributed by atoms with van der Waals surface area (Å²) < 4.78 is 14.0. The highest BCUT2D eigenvalue weighted by molar-refractivity contribution is 6.33. The molecule has 0 aromatic heterocycles. The van der Waals surface area contributed by atoms with Gasteiger partial charge in [-0.2, -0.15) is 0 Å². The van der Waals surface area contributed by atoms with Crippen LogP contribution in [0, 0.1) is 12.7 Å². The minimum absolute atomic E-state index is 0.153. The first-order valence-electron chi connectivity index (χ1n) is 9.14. The van der Waals surface area contributed by atoms with Crippen LogP contribution in [0.4, 0.5) is 10.1 Å². The summed E-state index contributed by atoms with van der Waals surface area (Å²) in [4.78, 5) is 21.1. The molecule has 1 unspecified atom stereocenters.